The Kier molecular flexibility index (Phi) is 4.61. The van der Waals surface area contributed by atoms with Crippen molar-refractivity contribution in [2.75, 3.05) is 0 Å². The fourth-order valence-corrected chi connectivity index (χ4v) is 3.73. The number of nitrogens with one attached hydrogen (secondary N) is 1. The zero-order valence-electron chi connectivity index (χ0n) is 14.6. The lowest BCUT2D eigenvalue weighted by molar-refractivity contribution is -0.124. The summed E-state index contributed by atoms with van der Waals surface area (Å²) in [5.41, 5.74) is 1.26. The van der Waals surface area contributed by atoms with Gasteiger partial charge in [-0.3, -0.25) is 9.69 Å². The molecule has 2 aromatic rings. The van der Waals surface area contributed by atoms with Gasteiger partial charge in [0.2, 0.25) is 0 Å². The molecule has 4 rings (SSSR count). The second-order valence-corrected chi connectivity index (χ2v) is 6.88. The van der Waals surface area contributed by atoms with Gasteiger partial charge in [0.15, 0.2) is 0 Å². The summed E-state index contributed by atoms with van der Waals surface area (Å²) in [7, 11) is 0. The molecule has 1 N–H and O–H groups in total. The molecule has 134 valence electrons. The number of furan rings is 1. The number of carbonyl (C=O) groups is 2. The SMILES string of the molecule is O=C1N/C(=C/c2ccc(-c3ccccc3)o2)C(=O)N1C1CCCCCC1. The predicted octanol–water partition coefficient (Wildman–Crippen LogP) is 4.56. The van der Waals surface area contributed by atoms with E-state index in [1.807, 2.05) is 42.5 Å². The molecule has 2 heterocycles. The molecule has 5 heteroatoms. The molecule has 0 spiro atoms. The first-order chi connectivity index (χ1) is 12.7. The highest BCUT2D eigenvalue weighted by atomic mass is 16.3. The van der Waals surface area contributed by atoms with Crippen molar-refractivity contribution in [3.05, 3.63) is 53.9 Å². The third-order valence-corrected chi connectivity index (χ3v) is 5.07. The van der Waals surface area contributed by atoms with Crippen LogP contribution >= 0.6 is 0 Å². The first-order valence-corrected chi connectivity index (χ1v) is 9.24. The summed E-state index contributed by atoms with van der Waals surface area (Å²) < 4.78 is 5.82. The normalized spacial score (nSPS) is 20.5. The van der Waals surface area contributed by atoms with Crippen molar-refractivity contribution < 1.29 is 14.0 Å². The summed E-state index contributed by atoms with van der Waals surface area (Å²) in [5.74, 6) is 1.03. The molecule has 0 radical (unpaired) electrons. The molecule has 1 saturated heterocycles. The Balaban J connectivity index is 1.54. The lowest BCUT2D eigenvalue weighted by atomic mass is 10.1. The van der Waals surface area contributed by atoms with Gasteiger partial charge in [0.1, 0.15) is 17.2 Å². The van der Waals surface area contributed by atoms with Crippen LogP contribution in [0.4, 0.5) is 4.79 Å². The fraction of sp³-hybridized carbons (Fsp3) is 0.333. The molecular weight excluding hydrogens is 328 g/mol. The van der Waals surface area contributed by atoms with E-state index in [0.29, 0.717) is 5.76 Å². The van der Waals surface area contributed by atoms with Gasteiger partial charge in [0, 0.05) is 17.7 Å². The van der Waals surface area contributed by atoms with Crippen molar-refractivity contribution >= 4 is 18.0 Å². The lowest BCUT2D eigenvalue weighted by Crippen LogP contribution is -2.40. The Morgan fingerprint density at radius 2 is 1.69 bits per heavy atom. The van der Waals surface area contributed by atoms with E-state index in [2.05, 4.69) is 5.32 Å². The summed E-state index contributed by atoms with van der Waals surface area (Å²) in [6.07, 6.45) is 7.90. The number of rotatable bonds is 3. The third-order valence-electron chi connectivity index (χ3n) is 5.07. The van der Waals surface area contributed by atoms with Crippen LogP contribution in [0.3, 0.4) is 0 Å². The highest BCUT2D eigenvalue weighted by molar-refractivity contribution is 6.14. The molecular formula is C21H22N2O3. The van der Waals surface area contributed by atoms with Crippen molar-refractivity contribution in [3.8, 4) is 11.3 Å². The number of benzene rings is 1. The maximum Gasteiger partial charge on any atom is 0.329 e. The maximum atomic E-state index is 12.7. The van der Waals surface area contributed by atoms with Crippen LogP contribution < -0.4 is 5.32 Å². The van der Waals surface area contributed by atoms with Crippen molar-refractivity contribution in [1.29, 1.82) is 0 Å². The summed E-state index contributed by atoms with van der Waals surface area (Å²) in [5, 5.41) is 2.71. The predicted molar refractivity (Wildman–Crippen MR) is 99.0 cm³/mol. The minimum absolute atomic E-state index is 0.00683. The summed E-state index contributed by atoms with van der Waals surface area (Å²) in [4.78, 5) is 26.5. The minimum atomic E-state index is -0.317. The summed E-state index contributed by atoms with van der Waals surface area (Å²) >= 11 is 0. The van der Waals surface area contributed by atoms with E-state index >= 15 is 0 Å². The van der Waals surface area contributed by atoms with Gasteiger partial charge < -0.3 is 9.73 Å². The highest BCUT2D eigenvalue weighted by Crippen LogP contribution is 2.27. The fourth-order valence-electron chi connectivity index (χ4n) is 3.73. The quantitative estimate of drug-likeness (QED) is 0.501. The molecule has 1 aromatic heterocycles. The molecule has 0 atom stereocenters. The number of hydrogen-bond acceptors (Lipinski definition) is 3. The number of amides is 3. The summed E-state index contributed by atoms with van der Waals surface area (Å²) in [6, 6.07) is 13.1. The average Bonchev–Trinajstić information content (AvgIpc) is 3.11. The van der Waals surface area contributed by atoms with Gasteiger partial charge in [0.05, 0.1) is 0 Å². The van der Waals surface area contributed by atoms with Crippen LogP contribution in [0.15, 0.2) is 52.6 Å². The monoisotopic (exact) mass is 350 g/mol. The van der Waals surface area contributed by atoms with Crippen molar-refractivity contribution in [2.45, 2.75) is 44.6 Å². The number of carbonyl (C=O) groups excluding carboxylic acids is 2. The highest BCUT2D eigenvalue weighted by Gasteiger charge is 2.38. The second kappa shape index (κ2) is 7.20. The number of nitrogens with zero attached hydrogens (tertiary/aromatic N) is 1. The minimum Gasteiger partial charge on any atom is -0.457 e. The largest absolute Gasteiger partial charge is 0.457 e. The Morgan fingerprint density at radius 1 is 0.962 bits per heavy atom. The van der Waals surface area contributed by atoms with Crippen LogP contribution in [0.5, 0.6) is 0 Å². The van der Waals surface area contributed by atoms with E-state index in [9.17, 15) is 9.59 Å². The topological polar surface area (TPSA) is 62.6 Å². The summed E-state index contributed by atoms with van der Waals surface area (Å²) in [6.45, 7) is 0. The molecule has 3 amide bonds. The van der Waals surface area contributed by atoms with Crippen molar-refractivity contribution in [1.82, 2.24) is 10.2 Å². The number of hydrogen-bond donors (Lipinski definition) is 1. The zero-order chi connectivity index (χ0) is 17.9. The Bertz CT molecular complexity index is 830. The molecule has 26 heavy (non-hydrogen) atoms. The second-order valence-electron chi connectivity index (χ2n) is 6.88. The van der Waals surface area contributed by atoms with Crippen LogP contribution in [0.1, 0.15) is 44.3 Å². The first kappa shape index (κ1) is 16.6. The van der Waals surface area contributed by atoms with Gasteiger partial charge in [-0.25, -0.2) is 4.79 Å². The Morgan fingerprint density at radius 3 is 2.42 bits per heavy atom. The van der Waals surface area contributed by atoms with Crippen LogP contribution in [0.25, 0.3) is 17.4 Å². The molecule has 0 bridgehead atoms. The molecule has 1 aromatic carbocycles. The van der Waals surface area contributed by atoms with E-state index in [1.165, 1.54) is 17.7 Å². The van der Waals surface area contributed by atoms with Crippen LogP contribution in [0.2, 0.25) is 0 Å². The van der Waals surface area contributed by atoms with Gasteiger partial charge in [-0.05, 0) is 25.0 Å². The standard InChI is InChI=1S/C21H22N2O3/c24-20-18(22-21(25)23(20)16-10-6-1-2-7-11-16)14-17-12-13-19(26-17)15-8-4-3-5-9-15/h3-5,8-9,12-14,16H,1-2,6-7,10-11H2,(H,22,25)/b18-14+. The van der Waals surface area contributed by atoms with Gasteiger partial charge in [-0.2, -0.15) is 0 Å². The molecule has 0 unspecified atom stereocenters. The first-order valence-electron chi connectivity index (χ1n) is 9.24. The molecule has 1 aliphatic carbocycles. The molecule has 2 fully saturated rings. The number of urea groups is 1. The van der Waals surface area contributed by atoms with Gasteiger partial charge in [-0.15, -0.1) is 0 Å². The molecule has 1 saturated carbocycles. The van der Waals surface area contributed by atoms with Crippen LogP contribution in [-0.4, -0.2) is 22.9 Å². The molecule has 2 aliphatic rings. The maximum absolute atomic E-state index is 12.7. The average molecular weight is 350 g/mol. The lowest BCUT2D eigenvalue weighted by Gasteiger charge is -2.23. The number of imide groups is 1. The smallest absolute Gasteiger partial charge is 0.329 e. The molecule has 1 aliphatic heterocycles. The van der Waals surface area contributed by atoms with Crippen LogP contribution in [-0.2, 0) is 4.79 Å². The van der Waals surface area contributed by atoms with Gasteiger partial charge in [-0.1, -0.05) is 56.0 Å². The van der Waals surface area contributed by atoms with E-state index in [-0.39, 0.29) is 23.7 Å². The van der Waals surface area contributed by atoms with Crippen molar-refractivity contribution in [3.63, 3.8) is 0 Å². The van der Waals surface area contributed by atoms with E-state index < -0.39 is 0 Å². The Hall–Kier alpha value is -2.82. The third kappa shape index (κ3) is 3.29. The zero-order valence-corrected chi connectivity index (χ0v) is 14.6. The van der Waals surface area contributed by atoms with E-state index in [1.54, 1.807) is 6.08 Å². The van der Waals surface area contributed by atoms with E-state index in [4.69, 9.17) is 4.42 Å². The molecule has 5 nitrogen and oxygen atoms in total. The Labute approximate surface area is 152 Å². The van der Waals surface area contributed by atoms with Crippen molar-refractivity contribution in [2.24, 2.45) is 0 Å². The van der Waals surface area contributed by atoms with Gasteiger partial charge in [0.25, 0.3) is 5.91 Å². The van der Waals surface area contributed by atoms with Gasteiger partial charge >= 0.3 is 6.03 Å². The van der Waals surface area contributed by atoms with E-state index in [0.717, 1.165) is 37.0 Å². The van der Waals surface area contributed by atoms with Crippen LogP contribution in [0, 0.1) is 0 Å².